The van der Waals surface area contributed by atoms with Crippen LogP contribution in [0.1, 0.15) is 12.5 Å². The van der Waals surface area contributed by atoms with E-state index in [1.807, 2.05) is 25.2 Å². The molecule has 1 heterocycles. The van der Waals surface area contributed by atoms with E-state index in [0.29, 0.717) is 13.1 Å². The highest BCUT2D eigenvalue weighted by Crippen LogP contribution is 2.00. The number of nitrogens with one attached hydrogen (secondary N) is 2. The molecule has 0 atom stereocenters. The van der Waals surface area contributed by atoms with Crippen LogP contribution in [-0.4, -0.2) is 46.8 Å². The molecule has 100 valence electrons. The third kappa shape index (κ3) is 4.96. The quantitative estimate of drug-likeness (QED) is 0.755. The highest BCUT2D eigenvalue weighted by molar-refractivity contribution is 5.95. The van der Waals surface area contributed by atoms with Gasteiger partial charge in [0.15, 0.2) is 0 Å². The van der Waals surface area contributed by atoms with Crippen molar-refractivity contribution in [1.29, 1.82) is 0 Å². The first-order chi connectivity index (χ1) is 8.51. The Bertz CT molecular complexity index is 415. The van der Waals surface area contributed by atoms with Crippen LogP contribution in [0.3, 0.4) is 0 Å². The highest BCUT2D eigenvalue weighted by Gasteiger charge is 2.10. The Hall–Kier alpha value is -1.89. The summed E-state index contributed by atoms with van der Waals surface area (Å²) in [5.74, 6) is -0.327. The van der Waals surface area contributed by atoms with Crippen LogP contribution in [0.4, 0.5) is 4.79 Å². The molecule has 1 rings (SSSR count). The number of hydrogen-bond donors (Lipinski definition) is 2. The molecule has 3 amide bonds. The molecular formula is C11H19N5O2. The van der Waals surface area contributed by atoms with Gasteiger partial charge < -0.3 is 5.32 Å². The molecule has 0 saturated carbocycles. The SMILES string of the molecule is CCNC(=O)NC(=O)CN(C)Cc1cnn(C)c1. The van der Waals surface area contributed by atoms with E-state index in [1.54, 1.807) is 17.8 Å². The number of carbonyl (C=O) groups is 2. The molecule has 0 aromatic carbocycles. The molecule has 0 fully saturated rings. The van der Waals surface area contributed by atoms with Crippen LogP contribution in [0.25, 0.3) is 0 Å². The third-order valence-corrected chi connectivity index (χ3v) is 2.21. The zero-order valence-corrected chi connectivity index (χ0v) is 10.9. The average molecular weight is 253 g/mol. The van der Waals surface area contributed by atoms with Crippen LogP contribution in [-0.2, 0) is 18.4 Å². The van der Waals surface area contributed by atoms with Gasteiger partial charge in [0.2, 0.25) is 5.91 Å². The van der Waals surface area contributed by atoms with Crippen molar-refractivity contribution in [2.75, 3.05) is 20.1 Å². The fourth-order valence-electron chi connectivity index (χ4n) is 1.54. The summed E-state index contributed by atoms with van der Waals surface area (Å²) < 4.78 is 1.71. The zero-order valence-electron chi connectivity index (χ0n) is 10.9. The highest BCUT2D eigenvalue weighted by atomic mass is 16.2. The van der Waals surface area contributed by atoms with E-state index in [0.717, 1.165) is 5.56 Å². The van der Waals surface area contributed by atoms with E-state index in [-0.39, 0.29) is 12.5 Å². The second-order valence-electron chi connectivity index (χ2n) is 4.10. The first-order valence-corrected chi connectivity index (χ1v) is 5.75. The normalized spacial score (nSPS) is 10.4. The summed E-state index contributed by atoms with van der Waals surface area (Å²) in [7, 11) is 3.65. The number of amides is 3. The molecule has 0 spiro atoms. The summed E-state index contributed by atoms with van der Waals surface area (Å²) in [6.07, 6.45) is 3.64. The predicted molar refractivity (Wildman–Crippen MR) is 66.8 cm³/mol. The molecule has 0 aliphatic rings. The molecule has 0 radical (unpaired) electrons. The lowest BCUT2D eigenvalue weighted by Crippen LogP contribution is -2.43. The van der Waals surface area contributed by atoms with Gasteiger partial charge in [-0.05, 0) is 14.0 Å². The van der Waals surface area contributed by atoms with Crippen LogP contribution in [0.2, 0.25) is 0 Å². The fraction of sp³-hybridized carbons (Fsp3) is 0.545. The first-order valence-electron chi connectivity index (χ1n) is 5.75. The number of aryl methyl sites for hydroxylation is 1. The maximum atomic E-state index is 11.5. The number of likely N-dealkylation sites (N-methyl/N-ethyl adjacent to an activating group) is 1. The maximum Gasteiger partial charge on any atom is 0.321 e. The molecular weight excluding hydrogens is 234 g/mol. The average Bonchev–Trinajstić information content (AvgIpc) is 2.63. The van der Waals surface area contributed by atoms with Gasteiger partial charge in [-0.2, -0.15) is 5.10 Å². The molecule has 7 heteroatoms. The van der Waals surface area contributed by atoms with Crippen LogP contribution in [0, 0.1) is 0 Å². The fourth-order valence-corrected chi connectivity index (χ4v) is 1.54. The number of hydrogen-bond acceptors (Lipinski definition) is 4. The Morgan fingerprint density at radius 1 is 1.50 bits per heavy atom. The molecule has 1 aromatic rings. The molecule has 0 aliphatic carbocycles. The maximum absolute atomic E-state index is 11.5. The second kappa shape index (κ2) is 6.75. The lowest BCUT2D eigenvalue weighted by Gasteiger charge is -2.14. The van der Waals surface area contributed by atoms with Crippen LogP contribution in [0.5, 0.6) is 0 Å². The van der Waals surface area contributed by atoms with Gasteiger partial charge >= 0.3 is 6.03 Å². The summed E-state index contributed by atoms with van der Waals surface area (Å²) in [4.78, 5) is 24.4. The third-order valence-electron chi connectivity index (χ3n) is 2.21. The second-order valence-corrected chi connectivity index (χ2v) is 4.10. The minimum Gasteiger partial charge on any atom is -0.338 e. The summed E-state index contributed by atoms with van der Waals surface area (Å²) in [5, 5.41) is 8.80. The van der Waals surface area contributed by atoms with E-state index >= 15 is 0 Å². The zero-order chi connectivity index (χ0) is 13.5. The summed E-state index contributed by atoms with van der Waals surface area (Å²) in [5.41, 5.74) is 1.02. The van der Waals surface area contributed by atoms with Gasteiger partial charge in [-0.1, -0.05) is 0 Å². The van der Waals surface area contributed by atoms with Crippen molar-refractivity contribution >= 4 is 11.9 Å². The Morgan fingerprint density at radius 3 is 2.78 bits per heavy atom. The van der Waals surface area contributed by atoms with Crippen LogP contribution < -0.4 is 10.6 Å². The molecule has 18 heavy (non-hydrogen) atoms. The Balaban J connectivity index is 2.33. The Kier molecular flexibility index (Phi) is 5.31. The largest absolute Gasteiger partial charge is 0.338 e. The van der Waals surface area contributed by atoms with Crippen molar-refractivity contribution in [3.05, 3.63) is 18.0 Å². The van der Waals surface area contributed by atoms with Crippen molar-refractivity contribution < 1.29 is 9.59 Å². The lowest BCUT2D eigenvalue weighted by atomic mass is 10.3. The van der Waals surface area contributed by atoms with Crippen LogP contribution >= 0.6 is 0 Å². The summed E-state index contributed by atoms with van der Waals surface area (Å²) in [6.45, 7) is 3.05. The van der Waals surface area contributed by atoms with Crippen molar-refractivity contribution in [1.82, 2.24) is 25.3 Å². The van der Waals surface area contributed by atoms with Gasteiger partial charge in [-0.3, -0.25) is 19.7 Å². The minimum atomic E-state index is -0.461. The van der Waals surface area contributed by atoms with E-state index in [1.165, 1.54) is 0 Å². The minimum absolute atomic E-state index is 0.159. The number of aromatic nitrogens is 2. The number of imide groups is 1. The van der Waals surface area contributed by atoms with Crippen molar-refractivity contribution in [2.24, 2.45) is 7.05 Å². The molecule has 0 aliphatic heterocycles. The first kappa shape index (κ1) is 14.2. The summed E-state index contributed by atoms with van der Waals surface area (Å²) in [6, 6.07) is -0.461. The van der Waals surface area contributed by atoms with Crippen molar-refractivity contribution in [2.45, 2.75) is 13.5 Å². The molecule has 0 unspecified atom stereocenters. The van der Waals surface area contributed by atoms with Gasteiger partial charge in [-0.25, -0.2) is 4.79 Å². The van der Waals surface area contributed by atoms with Crippen LogP contribution in [0.15, 0.2) is 12.4 Å². The topological polar surface area (TPSA) is 79.3 Å². The molecule has 2 N–H and O–H groups in total. The molecule has 0 bridgehead atoms. The van der Waals surface area contributed by atoms with E-state index < -0.39 is 6.03 Å². The van der Waals surface area contributed by atoms with E-state index in [2.05, 4.69) is 15.7 Å². The van der Waals surface area contributed by atoms with Gasteiger partial charge in [0.05, 0.1) is 12.7 Å². The van der Waals surface area contributed by atoms with Gasteiger partial charge in [0.25, 0.3) is 0 Å². The number of rotatable bonds is 5. The van der Waals surface area contributed by atoms with E-state index in [9.17, 15) is 9.59 Å². The monoisotopic (exact) mass is 253 g/mol. The molecule has 7 nitrogen and oxygen atoms in total. The number of urea groups is 1. The van der Waals surface area contributed by atoms with Gasteiger partial charge in [0, 0.05) is 31.9 Å². The standard InChI is InChI=1S/C11H19N5O2/c1-4-12-11(18)14-10(17)8-15(2)6-9-5-13-16(3)7-9/h5,7H,4,6,8H2,1-3H3,(H2,12,14,17,18). The number of nitrogens with zero attached hydrogens (tertiary/aromatic N) is 3. The van der Waals surface area contributed by atoms with Gasteiger partial charge in [-0.15, -0.1) is 0 Å². The van der Waals surface area contributed by atoms with Crippen molar-refractivity contribution in [3.63, 3.8) is 0 Å². The predicted octanol–water partition coefficient (Wildman–Crippen LogP) is -0.302. The van der Waals surface area contributed by atoms with Crippen molar-refractivity contribution in [3.8, 4) is 0 Å². The lowest BCUT2D eigenvalue weighted by molar-refractivity contribution is -0.120. The Labute approximate surface area is 106 Å². The summed E-state index contributed by atoms with van der Waals surface area (Å²) >= 11 is 0. The molecule has 0 saturated heterocycles. The number of carbonyl (C=O) groups excluding carboxylic acids is 2. The van der Waals surface area contributed by atoms with Gasteiger partial charge in [0.1, 0.15) is 0 Å². The molecule has 1 aromatic heterocycles. The Morgan fingerprint density at radius 2 is 2.22 bits per heavy atom. The van der Waals surface area contributed by atoms with E-state index in [4.69, 9.17) is 0 Å². The smallest absolute Gasteiger partial charge is 0.321 e.